The maximum atomic E-state index is 13.6. The molecule has 0 saturated heterocycles. The summed E-state index contributed by atoms with van der Waals surface area (Å²) in [6, 6.07) is 22.2. The summed E-state index contributed by atoms with van der Waals surface area (Å²) in [7, 11) is 1.84. The highest BCUT2D eigenvalue weighted by atomic mass is 16.5. The van der Waals surface area contributed by atoms with Gasteiger partial charge in [0.15, 0.2) is 0 Å². The van der Waals surface area contributed by atoms with Crippen LogP contribution in [0.4, 0.5) is 11.4 Å². The molecule has 0 fully saturated rings. The molecule has 0 bridgehead atoms. The summed E-state index contributed by atoms with van der Waals surface area (Å²) in [5.41, 5.74) is 6.13. The zero-order valence-electron chi connectivity index (χ0n) is 18.5. The first kappa shape index (κ1) is 21.0. The van der Waals surface area contributed by atoms with Gasteiger partial charge in [0.2, 0.25) is 0 Å². The molecule has 0 spiro atoms. The first-order valence-electron chi connectivity index (χ1n) is 11.0. The van der Waals surface area contributed by atoms with Crippen molar-refractivity contribution in [1.82, 2.24) is 0 Å². The van der Waals surface area contributed by atoms with Gasteiger partial charge in [-0.05, 0) is 65.8 Å². The number of aryl methyl sites for hydroxylation is 1. The zero-order chi connectivity index (χ0) is 21.8. The minimum absolute atomic E-state index is 0.0609. The number of benzene rings is 3. The van der Waals surface area contributed by atoms with E-state index in [4.69, 9.17) is 4.74 Å². The second kappa shape index (κ2) is 9.25. The molecule has 3 aromatic rings. The molecule has 1 amide bonds. The number of carbonyl (C=O) groups excluding carboxylic acids is 1. The fourth-order valence-corrected chi connectivity index (χ4v) is 3.90. The van der Waals surface area contributed by atoms with Gasteiger partial charge >= 0.3 is 0 Å². The number of fused-ring (bicyclic) bond motifs is 1. The summed E-state index contributed by atoms with van der Waals surface area (Å²) in [6.45, 7) is 5.70. The molecule has 4 nitrogen and oxygen atoms in total. The normalized spacial score (nSPS) is 12.8. The molecule has 1 heterocycles. The molecule has 1 aliphatic rings. The van der Waals surface area contributed by atoms with Crippen molar-refractivity contribution in [3.63, 3.8) is 0 Å². The van der Waals surface area contributed by atoms with E-state index in [0.29, 0.717) is 23.8 Å². The molecule has 1 aliphatic heterocycles. The van der Waals surface area contributed by atoms with Crippen LogP contribution in [0.1, 0.15) is 53.2 Å². The maximum Gasteiger partial charge on any atom is 0.261 e. The Morgan fingerprint density at radius 3 is 2.65 bits per heavy atom. The summed E-state index contributed by atoms with van der Waals surface area (Å²) in [5, 5.41) is 3.43. The average molecular weight is 415 g/mol. The molecule has 31 heavy (non-hydrogen) atoms. The molecule has 0 saturated carbocycles. The summed E-state index contributed by atoms with van der Waals surface area (Å²) < 4.78 is 6.10. The maximum absolute atomic E-state index is 13.6. The van der Waals surface area contributed by atoms with Gasteiger partial charge in [-0.15, -0.1) is 0 Å². The quantitative estimate of drug-likeness (QED) is 0.536. The van der Waals surface area contributed by atoms with E-state index in [-0.39, 0.29) is 5.91 Å². The van der Waals surface area contributed by atoms with E-state index in [0.717, 1.165) is 36.2 Å². The van der Waals surface area contributed by atoms with Crippen molar-refractivity contribution in [2.45, 2.75) is 39.2 Å². The lowest BCUT2D eigenvalue weighted by atomic mass is 9.99. The number of nitrogens with zero attached hydrogens (tertiary/aromatic N) is 1. The van der Waals surface area contributed by atoms with Crippen molar-refractivity contribution in [1.29, 1.82) is 0 Å². The van der Waals surface area contributed by atoms with Gasteiger partial charge in [-0.2, -0.15) is 0 Å². The number of anilines is 2. The first-order chi connectivity index (χ1) is 15.0. The van der Waals surface area contributed by atoms with Crippen LogP contribution in [0.5, 0.6) is 5.75 Å². The molecular weight excluding hydrogens is 384 g/mol. The van der Waals surface area contributed by atoms with Gasteiger partial charge in [-0.3, -0.25) is 4.79 Å². The summed E-state index contributed by atoms with van der Waals surface area (Å²) in [6.07, 6.45) is 2.15. The molecule has 4 heteroatoms. The van der Waals surface area contributed by atoms with E-state index in [1.54, 1.807) is 4.90 Å². The Hall–Kier alpha value is -3.27. The molecule has 1 N–H and O–H groups in total. The summed E-state index contributed by atoms with van der Waals surface area (Å²) >= 11 is 0. The molecule has 3 aromatic carbocycles. The third-order valence-corrected chi connectivity index (χ3v) is 5.86. The topological polar surface area (TPSA) is 41.6 Å². The SMILES string of the molecule is CC(C)c1ccc(OCc2ccccc2)c(C(=O)N(C)c2ccc3c(c2)CCCN3)c1. The van der Waals surface area contributed by atoms with Crippen LogP contribution in [-0.4, -0.2) is 19.5 Å². The van der Waals surface area contributed by atoms with Gasteiger partial charge in [0.05, 0.1) is 5.56 Å². The van der Waals surface area contributed by atoms with Gasteiger partial charge in [-0.1, -0.05) is 50.2 Å². The second-order valence-electron chi connectivity index (χ2n) is 8.42. The van der Waals surface area contributed by atoms with Crippen molar-refractivity contribution in [3.05, 3.63) is 89.0 Å². The van der Waals surface area contributed by atoms with Crippen molar-refractivity contribution < 1.29 is 9.53 Å². The Kier molecular flexibility index (Phi) is 6.26. The van der Waals surface area contributed by atoms with Gasteiger partial charge in [-0.25, -0.2) is 0 Å². The van der Waals surface area contributed by atoms with Gasteiger partial charge < -0.3 is 15.0 Å². The minimum atomic E-state index is -0.0609. The van der Waals surface area contributed by atoms with Crippen molar-refractivity contribution >= 4 is 17.3 Å². The van der Waals surface area contributed by atoms with Crippen LogP contribution >= 0.6 is 0 Å². The third kappa shape index (κ3) is 4.74. The van der Waals surface area contributed by atoms with Crippen molar-refractivity contribution in [3.8, 4) is 5.75 Å². The van der Waals surface area contributed by atoms with E-state index in [1.807, 2.05) is 61.6 Å². The lowest BCUT2D eigenvalue weighted by molar-refractivity contribution is 0.0988. The molecule has 160 valence electrons. The van der Waals surface area contributed by atoms with E-state index in [9.17, 15) is 4.79 Å². The lowest BCUT2D eigenvalue weighted by Crippen LogP contribution is -2.27. The average Bonchev–Trinajstić information content (AvgIpc) is 2.82. The zero-order valence-corrected chi connectivity index (χ0v) is 18.5. The third-order valence-electron chi connectivity index (χ3n) is 5.86. The number of amides is 1. The highest BCUT2D eigenvalue weighted by Crippen LogP contribution is 2.30. The molecule has 4 rings (SSSR count). The van der Waals surface area contributed by atoms with Crippen LogP contribution in [0, 0.1) is 0 Å². The Morgan fingerprint density at radius 2 is 1.87 bits per heavy atom. The van der Waals surface area contributed by atoms with Crippen LogP contribution in [0.3, 0.4) is 0 Å². The van der Waals surface area contributed by atoms with Gasteiger partial charge in [0.25, 0.3) is 5.91 Å². The van der Waals surface area contributed by atoms with E-state index in [2.05, 4.69) is 31.3 Å². The lowest BCUT2D eigenvalue weighted by Gasteiger charge is -2.24. The number of carbonyl (C=O) groups is 1. The van der Waals surface area contributed by atoms with Crippen LogP contribution in [0.2, 0.25) is 0 Å². The highest BCUT2D eigenvalue weighted by molar-refractivity contribution is 6.07. The molecule has 0 atom stereocenters. The van der Waals surface area contributed by atoms with Crippen molar-refractivity contribution in [2.24, 2.45) is 0 Å². The molecule has 0 radical (unpaired) electrons. The summed E-state index contributed by atoms with van der Waals surface area (Å²) in [4.78, 5) is 15.3. The molecular formula is C27H30N2O2. The highest BCUT2D eigenvalue weighted by Gasteiger charge is 2.21. The largest absolute Gasteiger partial charge is 0.488 e. The van der Waals surface area contributed by atoms with E-state index < -0.39 is 0 Å². The Bertz CT molecular complexity index is 1060. The number of rotatable bonds is 6. The van der Waals surface area contributed by atoms with E-state index in [1.165, 1.54) is 11.3 Å². The number of nitrogens with one attached hydrogen (secondary N) is 1. The Balaban J connectivity index is 1.62. The number of hydrogen-bond acceptors (Lipinski definition) is 3. The molecule has 0 unspecified atom stereocenters. The Morgan fingerprint density at radius 1 is 1.06 bits per heavy atom. The Labute approximate surface area is 184 Å². The predicted molar refractivity (Wildman–Crippen MR) is 127 cm³/mol. The number of hydrogen-bond donors (Lipinski definition) is 1. The fraction of sp³-hybridized carbons (Fsp3) is 0.296. The molecule has 0 aromatic heterocycles. The van der Waals surface area contributed by atoms with E-state index >= 15 is 0 Å². The predicted octanol–water partition coefficient (Wildman–Crippen LogP) is 6.02. The number of ether oxygens (including phenoxy) is 1. The van der Waals surface area contributed by atoms with Crippen LogP contribution in [0.25, 0.3) is 0 Å². The van der Waals surface area contributed by atoms with Gasteiger partial charge in [0, 0.05) is 25.0 Å². The van der Waals surface area contributed by atoms with Crippen LogP contribution in [0.15, 0.2) is 66.7 Å². The minimum Gasteiger partial charge on any atom is -0.488 e. The van der Waals surface area contributed by atoms with Crippen molar-refractivity contribution in [2.75, 3.05) is 23.8 Å². The monoisotopic (exact) mass is 414 g/mol. The van der Waals surface area contributed by atoms with Gasteiger partial charge in [0.1, 0.15) is 12.4 Å². The fourth-order valence-electron chi connectivity index (χ4n) is 3.90. The standard InChI is InChI=1S/C27H30N2O2/c1-19(2)21-11-14-26(31-18-20-8-5-4-6-9-20)24(17-21)27(30)29(3)23-12-13-25-22(16-23)10-7-15-28-25/h4-6,8-9,11-14,16-17,19,28H,7,10,15,18H2,1-3H3. The van der Waals surface area contributed by atoms with Crippen LogP contribution in [-0.2, 0) is 13.0 Å². The smallest absolute Gasteiger partial charge is 0.261 e. The second-order valence-corrected chi connectivity index (χ2v) is 8.42. The first-order valence-corrected chi connectivity index (χ1v) is 11.0. The summed E-state index contributed by atoms with van der Waals surface area (Å²) in [5.74, 6) is 0.883. The van der Waals surface area contributed by atoms with Crippen LogP contribution < -0.4 is 15.0 Å². The molecule has 0 aliphatic carbocycles.